The van der Waals surface area contributed by atoms with Gasteiger partial charge < -0.3 is 5.32 Å². The van der Waals surface area contributed by atoms with Gasteiger partial charge in [0.05, 0.1) is 17.0 Å². The van der Waals surface area contributed by atoms with Crippen molar-refractivity contribution in [1.82, 2.24) is 5.32 Å². The second-order valence-electron chi connectivity index (χ2n) is 5.06. The SMILES string of the molecule is O=C1CS[C@H](C(=O)c2ccccc2)[C@@H](c2ccc(Br)cc2)N1. The van der Waals surface area contributed by atoms with E-state index in [2.05, 4.69) is 21.2 Å². The zero-order chi connectivity index (χ0) is 15.5. The first kappa shape index (κ1) is 15.3. The first-order valence-electron chi connectivity index (χ1n) is 6.91. The average Bonchev–Trinajstić information content (AvgIpc) is 2.56. The van der Waals surface area contributed by atoms with Gasteiger partial charge in [-0.25, -0.2) is 0 Å². The molecule has 0 radical (unpaired) electrons. The van der Waals surface area contributed by atoms with E-state index in [0.717, 1.165) is 10.0 Å². The van der Waals surface area contributed by atoms with Crippen LogP contribution in [0.4, 0.5) is 0 Å². The number of hydrogen-bond acceptors (Lipinski definition) is 3. The lowest BCUT2D eigenvalue weighted by atomic mass is 9.97. The Bertz CT molecular complexity index is 688. The molecule has 1 fully saturated rings. The van der Waals surface area contributed by atoms with Gasteiger partial charge in [0.1, 0.15) is 0 Å². The molecular formula is C17H14BrNO2S. The zero-order valence-corrected chi connectivity index (χ0v) is 14.1. The number of ketones is 1. The maximum absolute atomic E-state index is 12.8. The molecule has 0 saturated carbocycles. The summed E-state index contributed by atoms with van der Waals surface area (Å²) in [6.07, 6.45) is 0. The molecule has 3 nitrogen and oxygen atoms in total. The number of benzene rings is 2. The van der Waals surface area contributed by atoms with Gasteiger partial charge in [0.15, 0.2) is 5.78 Å². The molecule has 1 aliphatic heterocycles. The third kappa shape index (κ3) is 3.25. The zero-order valence-electron chi connectivity index (χ0n) is 11.7. The van der Waals surface area contributed by atoms with Crippen LogP contribution in [0.25, 0.3) is 0 Å². The van der Waals surface area contributed by atoms with Crippen LogP contribution in [-0.2, 0) is 4.79 Å². The number of carbonyl (C=O) groups excluding carboxylic acids is 2. The van der Waals surface area contributed by atoms with Gasteiger partial charge in [-0.1, -0.05) is 58.4 Å². The highest BCUT2D eigenvalue weighted by molar-refractivity contribution is 9.10. The molecule has 0 aliphatic carbocycles. The van der Waals surface area contributed by atoms with E-state index < -0.39 is 0 Å². The molecule has 2 atom stereocenters. The monoisotopic (exact) mass is 375 g/mol. The number of amides is 1. The topological polar surface area (TPSA) is 46.2 Å². The van der Waals surface area contributed by atoms with E-state index in [0.29, 0.717) is 11.3 Å². The third-order valence-corrected chi connectivity index (χ3v) is 5.36. The maximum atomic E-state index is 12.8. The Morgan fingerprint density at radius 1 is 1.09 bits per heavy atom. The van der Waals surface area contributed by atoms with Crippen LogP contribution in [0.1, 0.15) is 22.0 Å². The molecule has 1 amide bonds. The lowest BCUT2D eigenvalue weighted by molar-refractivity contribution is -0.119. The van der Waals surface area contributed by atoms with Crippen LogP contribution in [0.3, 0.4) is 0 Å². The summed E-state index contributed by atoms with van der Waals surface area (Å²) in [6.45, 7) is 0. The highest BCUT2D eigenvalue weighted by atomic mass is 79.9. The van der Waals surface area contributed by atoms with Crippen LogP contribution >= 0.6 is 27.7 Å². The summed E-state index contributed by atoms with van der Waals surface area (Å²) in [6, 6.07) is 16.6. The van der Waals surface area contributed by atoms with Gasteiger partial charge in [0.2, 0.25) is 5.91 Å². The first-order chi connectivity index (χ1) is 10.6. The summed E-state index contributed by atoms with van der Waals surface area (Å²) in [4.78, 5) is 24.5. The molecule has 1 saturated heterocycles. The number of rotatable bonds is 3. The van der Waals surface area contributed by atoms with E-state index in [1.54, 1.807) is 0 Å². The molecule has 0 aromatic heterocycles. The van der Waals surface area contributed by atoms with E-state index in [4.69, 9.17) is 0 Å². The fourth-order valence-corrected chi connectivity index (χ4v) is 3.86. The lowest BCUT2D eigenvalue weighted by Crippen LogP contribution is -2.44. The third-order valence-electron chi connectivity index (χ3n) is 3.56. The second kappa shape index (κ2) is 6.67. The van der Waals surface area contributed by atoms with Crippen molar-refractivity contribution in [3.8, 4) is 0 Å². The Morgan fingerprint density at radius 2 is 1.77 bits per heavy atom. The summed E-state index contributed by atoms with van der Waals surface area (Å²) in [5.41, 5.74) is 1.62. The minimum Gasteiger partial charge on any atom is -0.347 e. The minimum absolute atomic E-state index is 0.0324. The first-order valence-corrected chi connectivity index (χ1v) is 8.75. The van der Waals surface area contributed by atoms with Crippen LogP contribution in [-0.4, -0.2) is 22.7 Å². The Kier molecular flexibility index (Phi) is 4.64. The standard InChI is InChI=1S/C17H14BrNO2S/c18-13-8-6-11(7-9-13)15-17(22-10-14(20)19-15)16(21)12-4-2-1-3-5-12/h1-9,15,17H,10H2,(H,19,20)/t15-,17+/m1/s1. The van der Waals surface area contributed by atoms with E-state index >= 15 is 0 Å². The predicted octanol–water partition coefficient (Wildman–Crippen LogP) is 3.60. The molecule has 1 N–H and O–H groups in total. The Labute approximate surface area is 141 Å². The molecule has 22 heavy (non-hydrogen) atoms. The van der Waals surface area contributed by atoms with Crippen molar-refractivity contribution in [3.05, 3.63) is 70.2 Å². The Balaban J connectivity index is 1.92. The largest absolute Gasteiger partial charge is 0.347 e. The molecule has 0 spiro atoms. The van der Waals surface area contributed by atoms with Crippen LogP contribution in [0.2, 0.25) is 0 Å². The highest BCUT2D eigenvalue weighted by Crippen LogP contribution is 2.33. The molecule has 3 rings (SSSR count). The van der Waals surface area contributed by atoms with E-state index in [1.165, 1.54) is 11.8 Å². The Morgan fingerprint density at radius 3 is 2.45 bits per heavy atom. The number of nitrogens with one attached hydrogen (secondary N) is 1. The molecule has 0 unspecified atom stereocenters. The number of hydrogen-bond donors (Lipinski definition) is 1. The fraction of sp³-hybridized carbons (Fsp3) is 0.176. The molecule has 112 valence electrons. The summed E-state index contributed by atoms with van der Waals surface area (Å²) in [5, 5.41) is 2.65. The van der Waals surface area contributed by atoms with Gasteiger partial charge in [-0.3, -0.25) is 9.59 Å². The molecule has 2 aromatic carbocycles. The maximum Gasteiger partial charge on any atom is 0.230 e. The van der Waals surface area contributed by atoms with Crippen LogP contribution in [0, 0.1) is 0 Å². The normalized spacial score (nSPS) is 21.2. The van der Waals surface area contributed by atoms with Gasteiger partial charge in [-0.15, -0.1) is 11.8 Å². The summed E-state index contributed by atoms with van der Waals surface area (Å²) >= 11 is 4.81. The van der Waals surface area contributed by atoms with Gasteiger partial charge in [-0.2, -0.15) is 0 Å². The fourth-order valence-electron chi connectivity index (χ4n) is 2.47. The molecular weight excluding hydrogens is 362 g/mol. The van der Waals surface area contributed by atoms with Gasteiger partial charge in [0, 0.05) is 10.0 Å². The minimum atomic E-state index is -0.304. The predicted molar refractivity (Wildman–Crippen MR) is 92.0 cm³/mol. The van der Waals surface area contributed by atoms with Crippen molar-refractivity contribution in [3.63, 3.8) is 0 Å². The van der Waals surface area contributed by atoms with E-state index in [1.807, 2.05) is 54.6 Å². The van der Waals surface area contributed by atoms with Gasteiger partial charge in [0.25, 0.3) is 0 Å². The number of carbonyl (C=O) groups is 2. The van der Waals surface area contributed by atoms with Crippen molar-refractivity contribution < 1.29 is 9.59 Å². The quantitative estimate of drug-likeness (QED) is 0.833. The highest BCUT2D eigenvalue weighted by Gasteiger charge is 2.35. The second-order valence-corrected chi connectivity index (χ2v) is 7.10. The number of thioether (sulfide) groups is 1. The van der Waals surface area contributed by atoms with Gasteiger partial charge >= 0.3 is 0 Å². The van der Waals surface area contributed by atoms with Crippen LogP contribution < -0.4 is 5.32 Å². The molecule has 0 bridgehead atoms. The van der Waals surface area contributed by atoms with Crippen molar-refractivity contribution >= 4 is 39.4 Å². The average molecular weight is 376 g/mol. The number of halogens is 1. The van der Waals surface area contributed by atoms with E-state index in [9.17, 15) is 9.59 Å². The van der Waals surface area contributed by atoms with Crippen molar-refractivity contribution in [2.45, 2.75) is 11.3 Å². The van der Waals surface area contributed by atoms with Gasteiger partial charge in [-0.05, 0) is 17.7 Å². The van der Waals surface area contributed by atoms with E-state index in [-0.39, 0.29) is 23.0 Å². The van der Waals surface area contributed by atoms with Crippen molar-refractivity contribution in [2.24, 2.45) is 0 Å². The smallest absolute Gasteiger partial charge is 0.230 e. The molecule has 1 heterocycles. The molecule has 5 heteroatoms. The summed E-state index contributed by atoms with van der Waals surface area (Å²) in [5.74, 6) is 0.338. The van der Waals surface area contributed by atoms with Crippen LogP contribution in [0.15, 0.2) is 59.1 Å². The summed E-state index contributed by atoms with van der Waals surface area (Å²) in [7, 11) is 0. The lowest BCUT2D eigenvalue weighted by Gasteiger charge is -2.31. The molecule has 2 aromatic rings. The summed E-state index contributed by atoms with van der Waals surface area (Å²) < 4.78 is 0.969. The molecule has 1 aliphatic rings. The Hall–Kier alpha value is -1.59. The van der Waals surface area contributed by atoms with Crippen molar-refractivity contribution in [1.29, 1.82) is 0 Å². The number of Topliss-reactive ketones (excluding diaryl/α,β-unsaturated/α-hetero) is 1. The van der Waals surface area contributed by atoms with Crippen LogP contribution in [0.5, 0.6) is 0 Å². The van der Waals surface area contributed by atoms with Crippen molar-refractivity contribution in [2.75, 3.05) is 5.75 Å².